The fourth-order valence-corrected chi connectivity index (χ4v) is 4.28. The first-order valence-corrected chi connectivity index (χ1v) is 11.4. The molecule has 1 saturated carbocycles. The zero-order valence-corrected chi connectivity index (χ0v) is 18.8. The lowest BCUT2D eigenvalue weighted by atomic mass is 10.1. The third kappa shape index (κ3) is 4.99. The molecule has 1 aliphatic heterocycles. The van der Waals surface area contributed by atoms with Crippen LogP contribution in [0.1, 0.15) is 18.4 Å². The molecule has 0 radical (unpaired) electrons. The first-order chi connectivity index (χ1) is 16.1. The molecule has 1 aromatic heterocycles. The number of ether oxygens (including phenoxy) is 1. The number of rotatable bonds is 6. The molecule has 2 heterocycles. The van der Waals surface area contributed by atoms with Gasteiger partial charge in [0, 0.05) is 30.4 Å². The molecule has 2 aliphatic rings. The minimum absolute atomic E-state index is 0.297. The van der Waals surface area contributed by atoms with E-state index in [1.807, 2.05) is 0 Å². The number of hydrogen-bond donors (Lipinski definition) is 1. The first-order valence-electron chi connectivity index (χ1n) is 11.0. The van der Waals surface area contributed by atoms with Gasteiger partial charge in [-0.05, 0) is 73.6 Å². The second-order valence-corrected chi connectivity index (χ2v) is 8.60. The number of benzene rings is 2. The topological polar surface area (TPSA) is 53.8 Å². The van der Waals surface area contributed by atoms with Gasteiger partial charge in [-0.1, -0.05) is 5.16 Å². The molecule has 9 heteroatoms. The van der Waals surface area contributed by atoms with Crippen molar-refractivity contribution in [2.75, 3.05) is 36.5 Å². The van der Waals surface area contributed by atoms with Crippen LogP contribution in [0.5, 0.6) is 0 Å². The van der Waals surface area contributed by atoms with Crippen molar-refractivity contribution in [3.8, 4) is 11.3 Å². The highest BCUT2D eigenvalue weighted by molar-refractivity contribution is 7.80. The van der Waals surface area contributed by atoms with Crippen molar-refractivity contribution in [1.29, 1.82) is 0 Å². The Morgan fingerprint density at radius 1 is 1.03 bits per heavy atom. The third-order valence-electron chi connectivity index (χ3n) is 5.86. The SMILES string of the molecule is Fc1ccc(NC(=S)N(Cc2c(-c3ccc(F)cc3)noc2N2CCOCC2)C2CC2)cc1. The van der Waals surface area contributed by atoms with Gasteiger partial charge in [0.05, 0.1) is 25.3 Å². The summed E-state index contributed by atoms with van der Waals surface area (Å²) in [6.07, 6.45) is 2.07. The van der Waals surface area contributed by atoms with E-state index >= 15 is 0 Å². The maximum absolute atomic E-state index is 13.5. The molecule has 0 spiro atoms. The Balaban J connectivity index is 1.46. The summed E-state index contributed by atoms with van der Waals surface area (Å²) in [5.74, 6) is 0.0865. The number of hydrogen-bond acceptors (Lipinski definition) is 5. The molecule has 1 saturated heterocycles. The van der Waals surface area contributed by atoms with Crippen LogP contribution in [-0.2, 0) is 11.3 Å². The number of halogens is 2. The minimum atomic E-state index is -0.304. The quantitative estimate of drug-likeness (QED) is 0.519. The lowest BCUT2D eigenvalue weighted by Gasteiger charge is -2.29. The summed E-state index contributed by atoms with van der Waals surface area (Å²) < 4.78 is 38.2. The Hall–Kier alpha value is -3.04. The summed E-state index contributed by atoms with van der Waals surface area (Å²) in [6.45, 7) is 3.12. The molecule has 0 unspecified atom stereocenters. The minimum Gasteiger partial charge on any atom is -0.378 e. The molecule has 0 atom stereocenters. The third-order valence-corrected chi connectivity index (χ3v) is 6.19. The van der Waals surface area contributed by atoms with Gasteiger partial charge in [0.2, 0.25) is 5.88 Å². The highest BCUT2D eigenvalue weighted by Crippen LogP contribution is 2.36. The fourth-order valence-electron chi connectivity index (χ4n) is 3.94. The van der Waals surface area contributed by atoms with Crippen molar-refractivity contribution in [2.24, 2.45) is 0 Å². The van der Waals surface area contributed by atoms with E-state index in [1.54, 1.807) is 24.3 Å². The zero-order chi connectivity index (χ0) is 22.8. The second kappa shape index (κ2) is 9.44. The van der Waals surface area contributed by atoms with Crippen molar-refractivity contribution < 1.29 is 18.0 Å². The number of thiocarbonyl (C=S) groups is 1. The molecule has 2 fully saturated rings. The number of aromatic nitrogens is 1. The number of anilines is 2. The summed E-state index contributed by atoms with van der Waals surface area (Å²) >= 11 is 5.74. The summed E-state index contributed by atoms with van der Waals surface area (Å²) in [5, 5.41) is 8.15. The summed E-state index contributed by atoms with van der Waals surface area (Å²) in [7, 11) is 0. The van der Waals surface area contributed by atoms with Crippen LogP contribution in [0.15, 0.2) is 53.1 Å². The molecule has 0 bridgehead atoms. The molecule has 2 aromatic carbocycles. The van der Waals surface area contributed by atoms with E-state index in [-0.39, 0.29) is 11.6 Å². The van der Waals surface area contributed by atoms with E-state index in [9.17, 15) is 8.78 Å². The van der Waals surface area contributed by atoms with Crippen LogP contribution in [0, 0.1) is 11.6 Å². The Labute approximate surface area is 196 Å². The van der Waals surface area contributed by atoms with Gasteiger partial charge in [0.1, 0.15) is 17.3 Å². The van der Waals surface area contributed by atoms with Crippen molar-refractivity contribution in [3.63, 3.8) is 0 Å². The van der Waals surface area contributed by atoms with Crippen LogP contribution in [0.2, 0.25) is 0 Å². The van der Waals surface area contributed by atoms with Gasteiger partial charge in [-0.15, -0.1) is 0 Å². The largest absolute Gasteiger partial charge is 0.378 e. The Kier molecular flexibility index (Phi) is 6.24. The Bertz CT molecular complexity index is 1110. The Morgan fingerprint density at radius 3 is 2.30 bits per heavy atom. The molecule has 1 N–H and O–H groups in total. The van der Waals surface area contributed by atoms with Crippen molar-refractivity contribution in [3.05, 3.63) is 65.7 Å². The lowest BCUT2D eigenvalue weighted by Crippen LogP contribution is -2.38. The van der Waals surface area contributed by atoms with Crippen LogP contribution in [0.4, 0.5) is 20.4 Å². The average molecular weight is 471 g/mol. The van der Waals surface area contributed by atoms with Gasteiger partial charge in [-0.25, -0.2) is 8.78 Å². The molecule has 172 valence electrons. The standard InChI is InChI=1S/C24H24F2N4O2S/c25-17-3-1-16(2-4-17)22-21(23(32-28-22)29-11-13-31-14-12-29)15-30(20-9-10-20)24(33)27-19-7-5-18(26)6-8-19/h1-8,20H,9-15H2,(H,27,33). The van der Waals surface area contributed by atoms with Crippen LogP contribution in [0.25, 0.3) is 11.3 Å². The number of morpholine rings is 1. The molecule has 5 rings (SSSR count). The molecule has 3 aromatic rings. The van der Waals surface area contributed by atoms with E-state index in [1.165, 1.54) is 24.3 Å². The summed E-state index contributed by atoms with van der Waals surface area (Å²) in [5.41, 5.74) is 3.08. The zero-order valence-electron chi connectivity index (χ0n) is 18.0. The van der Waals surface area contributed by atoms with Gasteiger partial charge in [-0.3, -0.25) is 0 Å². The van der Waals surface area contributed by atoms with E-state index in [4.69, 9.17) is 21.5 Å². The average Bonchev–Trinajstić information content (AvgIpc) is 3.59. The fraction of sp³-hybridized carbons (Fsp3) is 0.333. The van der Waals surface area contributed by atoms with Gasteiger partial charge >= 0.3 is 0 Å². The first kappa shape index (κ1) is 21.8. The van der Waals surface area contributed by atoms with Crippen molar-refractivity contribution in [2.45, 2.75) is 25.4 Å². The molecular formula is C24H24F2N4O2S. The smallest absolute Gasteiger partial charge is 0.233 e. The number of nitrogens with zero attached hydrogens (tertiary/aromatic N) is 3. The molecule has 1 aliphatic carbocycles. The molecule has 6 nitrogen and oxygen atoms in total. The predicted octanol–water partition coefficient (Wildman–Crippen LogP) is 4.82. The van der Waals surface area contributed by atoms with Crippen molar-refractivity contribution >= 4 is 28.9 Å². The summed E-state index contributed by atoms with van der Waals surface area (Å²) in [4.78, 5) is 4.25. The van der Waals surface area contributed by atoms with Crippen LogP contribution in [0.3, 0.4) is 0 Å². The Morgan fingerprint density at radius 2 is 1.67 bits per heavy atom. The maximum atomic E-state index is 13.5. The maximum Gasteiger partial charge on any atom is 0.233 e. The van der Waals surface area contributed by atoms with E-state index < -0.39 is 0 Å². The highest BCUT2D eigenvalue weighted by Gasteiger charge is 2.34. The van der Waals surface area contributed by atoms with Gasteiger partial charge in [-0.2, -0.15) is 0 Å². The van der Waals surface area contributed by atoms with Gasteiger partial charge in [0.25, 0.3) is 0 Å². The molecule has 0 amide bonds. The van der Waals surface area contributed by atoms with Crippen LogP contribution >= 0.6 is 12.2 Å². The van der Waals surface area contributed by atoms with Gasteiger partial charge < -0.3 is 24.4 Å². The van der Waals surface area contributed by atoms with Gasteiger partial charge in [0.15, 0.2) is 5.11 Å². The van der Waals surface area contributed by atoms with E-state index in [2.05, 4.69) is 20.3 Å². The van der Waals surface area contributed by atoms with E-state index in [0.29, 0.717) is 55.6 Å². The monoisotopic (exact) mass is 470 g/mol. The molecular weight excluding hydrogens is 446 g/mol. The second-order valence-electron chi connectivity index (χ2n) is 8.22. The van der Waals surface area contributed by atoms with Crippen molar-refractivity contribution in [1.82, 2.24) is 10.1 Å². The predicted molar refractivity (Wildman–Crippen MR) is 126 cm³/mol. The normalized spacial score (nSPS) is 16.0. The van der Waals surface area contributed by atoms with E-state index in [0.717, 1.165) is 29.7 Å². The molecule has 33 heavy (non-hydrogen) atoms. The lowest BCUT2D eigenvalue weighted by molar-refractivity contribution is 0.120. The summed E-state index contributed by atoms with van der Waals surface area (Å²) in [6, 6.07) is 12.7. The highest BCUT2D eigenvalue weighted by atomic mass is 32.1. The van der Waals surface area contributed by atoms with Crippen LogP contribution < -0.4 is 10.2 Å². The number of nitrogens with one attached hydrogen (secondary N) is 1. The van der Waals surface area contributed by atoms with Crippen LogP contribution in [-0.4, -0.2) is 47.5 Å².